The van der Waals surface area contributed by atoms with Gasteiger partial charge in [-0.05, 0) is 77.1 Å². The zero-order valence-corrected chi connectivity index (χ0v) is 23.3. The minimum Gasteiger partial charge on any atom is -0.489 e. The lowest BCUT2D eigenvalue weighted by Crippen LogP contribution is -2.47. The summed E-state index contributed by atoms with van der Waals surface area (Å²) in [6, 6.07) is 16.5. The number of hydrogen-bond acceptors (Lipinski definition) is 6. The van der Waals surface area contributed by atoms with E-state index in [9.17, 15) is 9.59 Å². The predicted octanol–water partition coefficient (Wildman–Crippen LogP) is 5.74. The zero-order chi connectivity index (χ0) is 27.6. The van der Waals surface area contributed by atoms with Gasteiger partial charge in [-0.2, -0.15) is 0 Å². The second kappa shape index (κ2) is 11.3. The summed E-state index contributed by atoms with van der Waals surface area (Å²) in [6.07, 6.45) is 3.08. The molecule has 2 N–H and O–H groups in total. The number of piperidine rings is 2. The number of rotatable bonds is 5. The van der Waals surface area contributed by atoms with Gasteiger partial charge in [-0.25, -0.2) is 4.79 Å². The van der Waals surface area contributed by atoms with Crippen LogP contribution in [0.15, 0.2) is 52.9 Å². The molecule has 3 heterocycles. The summed E-state index contributed by atoms with van der Waals surface area (Å²) in [7, 11) is 0. The van der Waals surface area contributed by atoms with Gasteiger partial charge in [0.2, 0.25) is 0 Å². The number of ether oxygens (including phenoxy) is 2. The van der Waals surface area contributed by atoms with Crippen LogP contribution < -0.4 is 15.4 Å². The van der Waals surface area contributed by atoms with Gasteiger partial charge in [0, 0.05) is 43.2 Å². The van der Waals surface area contributed by atoms with Gasteiger partial charge in [-0.1, -0.05) is 29.8 Å². The molecule has 0 aliphatic carbocycles. The van der Waals surface area contributed by atoms with Crippen molar-refractivity contribution < 1.29 is 23.5 Å². The van der Waals surface area contributed by atoms with Crippen LogP contribution in [0.1, 0.15) is 74.2 Å². The number of carbonyl (C=O) groups is 2. The summed E-state index contributed by atoms with van der Waals surface area (Å²) in [4.78, 5) is 26.9. The Morgan fingerprint density at radius 3 is 2.41 bits per heavy atom. The molecular formula is C31H39N3O5. The number of benzene rings is 2. The fourth-order valence-corrected chi connectivity index (χ4v) is 5.19. The van der Waals surface area contributed by atoms with Crippen molar-refractivity contribution in [1.82, 2.24) is 15.5 Å². The van der Waals surface area contributed by atoms with E-state index in [0.717, 1.165) is 30.5 Å². The highest BCUT2D eigenvalue weighted by atomic mass is 16.6. The van der Waals surface area contributed by atoms with Crippen LogP contribution in [0.2, 0.25) is 0 Å². The molecule has 0 saturated carbocycles. The van der Waals surface area contributed by atoms with Crippen LogP contribution in [-0.2, 0) is 4.74 Å². The molecule has 0 radical (unpaired) electrons. The van der Waals surface area contributed by atoms with Crippen LogP contribution in [0.25, 0.3) is 11.0 Å². The largest absolute Gasteiger partial charge is 0.489 e. The smallest absolute Gasteiger partial charge is 0.410 e. The number of carbonyl (C=O) groups excluding carboxylic acids is 2. The first-order valence-corrected chi connectivity index (χ1v) is 13.9. The first-order valence-electron chi connectivity index (χ1n) is 13.9. The summed E-state index contributed by atoms with van der Waals surface area (Å²) in [6.45, 7) is 9.53. The first-order chi connectivity index (χ1) is 18.6. The van der Waals surface area contributed by atoms with Gasteiger partial charge < -0.3 is 29.4 Å². The van der Waals surface area contributed by atoms with Gasteiger partial charge in [0.05, 0.1) is 0 Å². The predicted molar refractivity (Wildman–Crippen MR) is 150 cm³/mol. The summed E-state index contributed by atoms with van der Waals surface area (Å²) in [5.41, 5.74) is 2.69. The maximum absolute atomic E-state index is 12.9. The van der Waals surface area contributed by atoms with Crippen molar-refractivity contribution in [3.8, 4) is 5.75 Å². The normalized spacial score (nSPS) is 20.6. The molecule has 2 atom stereocenters. The van der Waals surface area contributed by atoms with Crippen LogP contribution in [0, 0.1) is 6.92 Å². The third-order valence-electron chi connectivity index (χ3n) is 7.35. The van der Waals surface area contributed by atoms with Crippen LogP contribution in [0.4, 0.5) is 4.79 Å². The van der Waals surface area contributed by atoms with Crippen LogP contribution in [0.3, 0.4) is 0 Å². The Hall–Kier alpha value is -3.52. The van der Waals surface area contributed by atoms with E-state index in [0.29, 0.717) is 37.6 Å². The molecule has 0 spiro atoms. The molecule has 8 nitrogen and oxygen atoms in total. The molecule has 1 aromatic heterocycles. The van der Waals surface area contributed by atoms with Crippen molar-refractivity contribution in [2.75, 3.05) is 19.6 Å². The molecule has 2 unspecified atom stereocenters. The molecule has 2 aromatic carbocycles. The lowest BCUT2D eigenvalue weighted by atomic mass is 9.95. The molecule has 5 rings (SSSR count). The third kappa shape index (κ3) is 6.92. The van der Waals surface area contributed by atoms with Crippen molar-refractivity contribution in [3.63, 3.8) is 0 Å². The Kier molecular flexibility index (Phi) is 7.84. The minimum absolute atomic E-state index is 0.0224. The van der Waals surface area contributed by atoms with Crippen LogP contribution in [-0.4, -0.2) is 54.3 Å². The van der Waals surface area contributed by atoms with E-state index in [1.807, 2.05) is 39.0 Å². The van der Waals surface area contributed by atoms with Crippen molar-refractivity contribution in [2.24, 2.45) is 0 Å². The average molecular weight is 534 g/mol. The highest BCUT2D eigenvalue weighted by Gasteiger charge is 2.28. The number of nitrogens with one attached hydrogen (secondary N) is 2. The van der Waals surface area contributed by atoms with E-state index in [2.05, 4.69) is 41.8 Å². The van der Waals surface area contributed by atoms with Crippen LogP contribution >= 0.6 is 0 Å². The van der Waals surface area contributed by atoms with Crippen molar-refractivity contribution in [3.05, 3.63) is 65.4 Å². The zero-order valence-electron chi connectivity index (χ0n) is 23.3. The van der Waals surface area contributed by atoms with Gasteiger partial charge in [0.1, 0.15) is 23.0 Å². The molecule has 2 amide bonds. The lowest BCUT2D eigenvalue weighted by molar-refractivity contribution is 0.0199. The topological polar surface area (TPSA) is 93.0 Å². The summed E-state index contributed by atoms with van der Waals surface area (Å²) in [5.74, 6) is 0.763. The van der Waals surface area contributed by atoms with Gasteiger partial charge >= 0.3 is 6.09 Å². The summed E-state index contributed by atoms with van der Waals surface area (Å²) < 4.78 is 17.6. The SMILES string of the molecule is Cc1ccc(C2CCC(Oc3ccc4cc(C(=O)NC5CCN(C(=O)OC(C)(C)C)CC5)oc4c3)CN2)cc1. The molecule has 3 aromatic rings. The third-order valence-corrected chi connectivity index (χ3v) is 7.35. The monoisotopic (exact) mass is 533 g/mol. The Labute approximate surface area is 230 Å². The Bertz CT molecular complexity index is 1290. The Morgan fingerprint density at radius 2 is 1.74 bits per heavy atom. The number of hydrogen-bond donors (Lipinski definition) is 2. The average Bonchev–Trinajstić information content (AvgIpc) is 3.33. The number of nitrogens with zero attached hydrogens (tertiary/aromatic N) is 1. The fraction of sp³-hybridized carbons (Fsp3) is 0.484. The molecule has 2 aliphatic heterocycles. The second-order valence-electron chi connectivity index (χ2n) is 11.7. The van der Waals surface area contributed by atoms with E-state index >= 15 is 0 Å². The standard InChI is InChI=1S/C31H39N3O5/c1-20-5-7-21(8-6-20)26-12-11-25(19-32-26)37-24-10-9-22-17-28(38-27(22)18-24)29(35)33-23-13-15-34(16-14-23)30(36)39-31(2,3)4/h5-10,17-18,23,25-26,32H,11-16,19H2,1-4H3,(H,33,35). The molecule has 8 heteroatoms. The molecule has 2 aliphatic rings. The van der Waals surface area contributed by atoms with Crippen LogP contribution in [0.5, 0.6) is 5.75 Å². The molecule has 0 bridgehead atoms. The number of furan rings is 1. The highest BCUT2D eigenvalue weighted by molar-refractivity contribution is 5.96. The Balaban J connectivity index is 1.12. The second-order valence-corrected chi connectivity index (χ2v) is 11.7. The van der Waals surface area contributed by atoms with E-state index in [4.69, 9.17) is 13.9 Å². The number of aryl methyl sites for hydroxylation is 1. The van der Waals surface area contributed by atoms with Crippen molar-refractivity contribution in [1.29, 1.82) is 0 Å². The highest BCUT2D eigenvalue weighted by Crippen LogP contribution is 2.29. The summed E-state index contributed by atoms with van der Waals surface area (Å²) >= 11 is 0. The van der Waals surface area contributed by atoms with Crippen molar-refractivity contribution >= 4 is 23.0 Å². The number of amides is 2. The lowest BCUT2D eigenvalue weighted by Gasteiger charge is -2.33. The van der Waals surface area contributed by atoms with Crippen molar-refractivity contribution in [2.45, 2.75) is 77.2 Å². The maximum Gasteiger partial charge on any atom is 0.410 e. The van der Waals surface area contributed by atoms with Gasteiger partial charge in [0.15, 0.2) is 5.76 Å². The molecular weight excluding hydrogens is 494 g/mol. The fourth-order valence-electron chi connectivity index (χ4n) is 5.19. The van der Waals surface area contributed by atoms with Gasteiger partial charge in [-0.3, -0.25) is 4.79 Å². The molecule has 208 valence electrons. The Morgan fingerprint density at radius 1 is 1.00 bits per heavy atom. The van der Waals surface area contributed by atoms with E-state index in [-0.39, 0.29) is 29.9 Å². The number of fused-ring (bicyclic) bond motifs is 1. The molecule has 2 saturated heterocycles. The minimum atomic E-state index is -0.521. The quantitative estimate of drug-likeness (QED) is 0.434. The molecule has 2 fully saturated rings. The maximum atomic E-state index is 12.9. The van der Waals surface area contributed by atoms with Gasteiger partial charge in [-0.15, -0.1) is 0 Å². The molecule has 39 heavy (non-hydrogen) atoms. The van der Waals surface area contributed by atoms with Gasteiger partial charge in [0.25, 0.3) is 5.91 Å². The number of likely N-dealkylation sites (tertiary alicyclic amines) is 1. The first kappa shape index (κ1) is 27.1. The van der Waals surface area contributed by atoms with E-state index in [1.165, 1.54) is 11.1 Å². The summed E-state index contributed by atoms with van der Waals surface area (Å²) in [5, 5.41) is 7.52. The van der Waals surface area contributed by atoms with E-state index < -0.39 is 5.60 Å². The van der Waals surface area contributed by atoms with E-state index in [1.54, 1.807) is 11.0 Å².